The fraction of sp³-hybridized carbons (Fsp3) is 0.300. The number of nitrogens with one attached hydrogen (secondary N) is 1. The van der Waals surface area contributed by atoms with E-state index in [1.165, 1.54) is 4.80 Å². The summed E-state index contributed by atoms with van der Waals surface area (Å²) < 4.78 is 5.39. The second-order valence-corrected chi connectivity index (χ2v) is 7.23. The van der Waals surface area contributed by atoms with Gasteiger partial charge in [-0.15, -0.1) is 10.2 Å². The minimum Gasteiger partial charge on any atom is -0.378 e. The third-order valence-corrected chi connectivity index (χ3v) is 4.95. The van der Waals surface area contributed by atoms with Gasteiger partial charge in [0.2, 0.25) is 11.7 Å². The number of nitrogens with zero attached hydrogens (tertiary/aromatic N) is 5. The Labute approximate surface area is 173 Å². The second kappa shape index (κ2) is 8.59. The fourth-order valence-corrected chi connectivity index (χ4v) is 3.29. The first-order valence-electron chi connectivity index (χ1n) is 9.35. The van der Waals surface area contributed by atoms with Crippen molar-refractivity contribution >= 4 is 28.9 Å². The summed E-state index contributed by atoms with van der Waals surface area (Å²) in [5.74, 6) is 0.229. The lowest BCUT2D eigenvalue weighted by Gasteiger charge is -2.28. The number of aromatic nitrogens is 4. The summed E-state index contributed by atoms with van der Waals surface area (Å²) in [7, 11) is 0. The number of amides is 1. The molecule has 0 unspecified atom stereocenters. The number of aryl methyl sites for hydroxylation is 1. The van der Waals surface area contributed by atoms with E-state index in [9.17, 15) is 4.79 Å². The Morgan fingerprint density at radius 3 is 2.69 bits per heavy atom. The van der Waals surface area contributed by atoms with Gasteiger partial charge in [-0.2, -0.15) is 4.80 Å². The number of morpholine rings is 1. The molecule has 150 valence electrons. The Balaban J connectivity index is 1.40. The van der Waals surface area contributed by atoms with Crippen LogP contribution in [-0.4, -0.2) is 52.4 Å². The Kier molecular flexibility index (Phi) is 5.73. The molecule has 9 heteroatoms. The molecule has 1 fully saturated rings. The topological polar surface area (TPSA) is 85.2 Å². The van der Waals surface area contributed by atoms with Gasteiger partial charge in [0.05, 0.1) is 13.2 Å². The maximum atomic E-state index is 12.3. The largest absolute Gasteiger partial charge is 0.378 e. The fourth-order valence-electron chi connectivity index (χ4n) is 3.12. The first-order valence-corrected chi connectivity index (χ1v) is 9.73. The van der Waals surface area contributed by atoms with Crippen LogP contribution in [0.5, 0.6) is 0 Å². The van der Waals surface area contributed by atoms with Crippen molar-refractivity contribution in [3.05, 3.63) is 53.1 Å². The molecule has 1 saturated heterocycles. The van der Waals surface area contributed by atoms with Crippen LogP contribution in [-0.2, 0) is 16.1 Å². The molecule has 1 aliphatic rings. The van der Waals surface area contributed by atoms with E-state index in [1.807, 2.05) is 37.3 Å². The van der Waals surface area contributed by atoms with Crippen LogP contribution < -0.4 is 10.2 Å². The maximum Gasteiger partial charge on any atom is 0.248 e. The smallest absolute Gasteiger partial charge is 0.248 e. The average molecular weight is 413 g/mol. The number of hydrogen-bond acceptors (Lipinski definition) is 6. The van der Waals surface area contributed by atoms with E-state index in [0.717, 1.165) is 43.1 Å². The lowest BCUT2D eigenvalue weighted by molar-refractivity contribution is -0.117. The van der Waals surface area contributed by atoms with E-state index in [-0.39, 0.29) is 12.5 Å². The normalized spacial score (nSPS) is 14.1. The Hall–Kier alpha value is -2.97. The number of ether oxygens (including phenoxy) is 1. The third kappa shape index (κ3) is 4.72. The van der Waals surface area contributed by atoms with Crippen molar-refractivity contribution in [1.29, 1.82) is 0 Å². The van der Waals surface area contributed by atoms with Crippen LogP contribution in [0.25, 0.3) is 11.4 Å². The highest BCUT2D eigenvalue weighted by atomic mass is 35.5. The SMILES string of the molecule is Cc1ccc(Cl)cc1NC(=O)Cn1nnc(-c2ccc(N3CCOCC3)cc2)n1. The Morgan fingerprint density at radius 1 is 1.17 bits per heavy atom. The molecule has 1 aliphatic heterocycles. The molecule has 1 N–H and O–H groups in total. The maximum absolute atomic E-state index is 12.3. The predicted octanol–water partition coefficient (Wildman–Crippen LogP) is 2.78. The molecule has 2 aromatic carbocycles. The number of benzene rings is 2. The minimum absolute atomic E-state index is 0.0369. The number of hydrogen-bond donors (Lipinski definition) is 1. The van der Waals surface area contributed by atoms with E-state index in [1.54, 1.807) is 12.1 Å². The lowest BCUT2D eigenvalue weighted by atomic mass is 10.2. The summed E-state index contributed by atoms with van der Waals surface area (Å²) in [6.45, 7) is 5.12. The number of halogens is 1. The number of carbonyl (C=O) groups is 1. The standard InChI is InChI=1S/C20H21ClN6O2/c1-14-2-5-16(21)12-18(14)22-19(28)13-27-24-20(23-25-27)15-3-6-17(7-4-15)26-8-10-29-11-9-26/h2-7,12H,8-11,13H2,1H3,(H,22,28). The highest BCUT2D eigenvalue weighted by Crippen LogP contribution is 2.22. The Bertz CT molecular complexity index is 998. The number of carbonyl (C=O) groups excluding carboxylic acids is 1. The van der Waals surface area contributed by atoms with Gasteiger partial charge in [0, 0.05) is 35.1 Å². The zero-order chi connectivity index (χ0) is 20.2. The Morgan fingerprint density at radius 2 is 1.93 bits per heavy atom. The van der Waals surface area contributed by atoms with Crippen LogP contribution >= 0.6 is 11.6 Å². The van der Waals surface area contributed by atoms with Crippen molar-refractivity contribution in [3.8, 4) is 11.4 Å². The molecule has 0 atom stereocenters. The van der Waals surface area contributed by atoms with Crippen LogP contribution in [0.4, 0.5) is 11.4 Å². The molecule has 0 bridgehead atoms. The molecule has 0 aliphatic carbocycles. The second-order valence-electron chi connectivity index (χ2n) is 6.80. The van der Waals surface area contributed by atoms with E-state index in [2.05, 4.69) is 25.6 Å². The van der Waals surface area contributed by atoms with E-state index in [0.29, 0.717) is 16.5 Å². The van der Waals surface area contributed by atoms with Gasteiger partial charge in [0.1, 0.15) is 6.54 Å². The van der Waals surface area contributed by atoms with Crippen LogP contribution in [0.3, 0.4) is 0 Å². The molecule has 29 heavy (non-hydrogen) atoms. The summed E-state index contributed by atoms with van der Waals surface area (Å²) in [6.07, 6.45) is 0. The molecule has 8 nitrogen and oxygen atoms in total. The van der Waals surface area contributed by atoms with Crippen molar-refractivity contribution < 1.29 is 9.53 Å². The van der Waals surface area contributed by atoms with Gasteiger partial charge < -0.3 is 15.0 Å². The molecule has 1 amide bonds. The van der Waals surface area contributed by atoms with Crippen molar-refractivity contribution in [2.24, 2.45) is 0 Å². The predicted molar refractivity (Wildman–Crippen MR) is 111 cm³/mol. The molecule has 3 aromatic rings. The van der Waals surface area contributed by atoms with Crippen LogP contribution in [0.2, 0.25) is 5.02 Å². The molecule has 0 saturated carbocycles. The van der Waals surface area contributed by atoms with E-state index in [4.69, 9.17) is 16.3 Å². The summed E-state index contributed by atoms with van der Waals surface area (Å²) >= 11 is 5.99. The highest BCUT2D eigenvalue weighted by Gasteiger charge is 2.13. The summed E-state index contributed by atoms with van der Waals surface area (Å²) in [5, 5.41) is 15.8. The molecule has 4 rings (SSSR count). The molecule has 0 radical (unpaired) electrons. The zero-order valence-electron chi connectivity index (χ0n) is 16.0. The molecule has 0 spiro atoms. The van der Waals surface area contributed by atoms with Crippen molar-refractivity contribution in [2.75, 3.05) is 36.5 Å². The van der Waals surface area contributed by atoms with E-state index < -0.39 is 0 Å². The zero-order valence-corrected chi connectivity index (χ0v) is 16.8. The number of anilines is 2. The van der Waals surface area contributed by atoms with Crippen molar-refractivity contribution in [2.45, 2.75) is 13.5 Å². The van der Waals surface area contributed by atoms with Crippen molar-refractivity contribution in [1.82, 2.24) is 20.2 Å². The molecular weight excluding hydrogens is 392 g/mol. The van der Waals surface area contributed by atoms with E-state index >= 15 is 0 Å². The van der Waals surface area contributed by atoms with Gasteiger partial charge >= 0.3 is 0 Å². The van der Waals surface area contributed by atoms with Crippen LogP contribution in [0, 0.1) is 6.92 Å². The number of tetrazole rings is 1. The monoisotopic (exact) mass is 412 g/mol. The lowest BCUT2D eigenvalue weighted by Crippen LogP contribution is -2.36. The molecule has 2 heterocycles. The first-order chi connectivity index (χ1) is 14.1. The highest BCUT2D eigenvalue weighted by molar-refractivity contribution is 6.31. The quantitative estimate of drug-likeness (QED) is 0.693. The van der Waals surface area contributed by atoms with Crippen LogP contribution in [0.1, 0.15) is 5.56 Å². The van der Waals surface area contributed by atoms with Gasteiger partial charge in [-0.05, 0) is 54.1 Å². The van der Waals surface area contributed by atoms with Gasteiger partial charge in [0.15, 0.2) is 0 Å². The minimum atomic E-state index is -0.248. The molecule has 1 aromatic heterocycles. The first kappa shape index (κ1) is 19.4. The van der Waals surface area contributed by atoms with Crippen LogP contribution in [0.15, 0.2) is 42.5 Å². The number of rotatable bonds is 5. The summed E-state index contributed by atoms with van der Waals surface area (Å²) in [4.78, 5) is 15.9. The summed E-state index contributed by atoms with van der Waals surface area (Å²) in [5.41, 5.74) is 3.58. The van der Waals surface area contributed by atoms with Gasteiger partial charge in [-0.1, -0.05) is 17.7 Å². The summed E-state index contributed by atoms with van der Waals surface area (Å²) in [6, 6.07) is 13.3. The van der Waals surface area contributed by atoms with Gasteiger partial charge in [-0.25, -0.2) is 0 Å². The average Bonchev–Trinajstić information content (AvgIpc) is 3.20. The van der Waals surface area contributed by atoms with Gasteiger partial charge in [0.25, 0.3) is 0 Å². The molecular formula is C20H21ClN6O2. The third-order valence-electron chi connectivity index (χ3n) is 4.71. The van der Waals surface area contributed by atoms with Gasteiger partial charge in [-0.3, -0.25) is 4.79 Å². The van der Waals surface area contributed by atoms with Crippen molar-refractivity contribution in [3.63, 3.8) is 0 Å².